The molecule has 10 heteroatoms. The Morgan fingerprint density at radius 2 is 1.73 bits per heavy atom. The summed E-state index contributed by atoms with van der Waals surface area (Å²) in [5.74, 6) is -0.764. The number of H-pyrrole nitrogens is 2. The number of aromatic hydroxyl groups is 1. The zero-order valence-corrected chi connectivity index (χ0v) is 22.1. The van der Waals surface area contributed by atoms with Crippen molar-refractivity contribution < 1.29 is 14.3 Å². The molecular formula is C30H26FN7O2. The predicted octanol–water partition coefficient (Wildman–Crippen LogP) is 6.45. The van der Waals surface area contributed by atoms with Crippen LogP contribution in [-0.2, 0) is 4.79 Å². The molecule has 0 aliphatic rings. The molecule has 6 aromatic rings. The molecule has 0 fully saturated rings. The first-order valence-corrected chi connectivity index (χ1v) is 12.7. The summed E-state index contributed by atoms with van der Waals surface area (Å²) in [5, 5.41) is 21.9. The number of phenolic OH excluding ortho intramolecular Hbond substituents is 1. The number of phenols is 1. The van der Waals surface area contributed by atoms with Crippen LogP contribution in [0.1, 0.15) is 27.2 Å². The lowest BCUT2D eigenvalue weighted by Gasteiger charge is -2.17. The second-order valence-electron chi connectivity index (χ2n) is 11.0. The molecule has 5 aromatic heterocycles. The molecule has 0 saturated carbocycles. The van der Waals surface area contributed by atoms with Crippen molar-refractivity contribution in [2.24, 2.45) is 5.41 Å². The van der Waals surface area contributed by atoms with Crippen molar-refractivity contribution in [1.29, 1.82) is 0 Å². The van der Waals surface area contributed by atoms with Gasteiger partial charge in [-0.3, -0.25) is 19.9 Å². The van der Waals surface area contributed by atoms with E-state index in [0.717, 1.165) is 44.9 Å². The van der Waals surface area contributed by atoms with E-state index in [1.54, 1.807) is 31.0 Å². The van der Waals surface area contributed by atoms with Crippen LogP contribution in [0.15, 0.2) is 67.4 Å². The van der Waals surface area contributed by atoms with E-state index in [4.69, 9.17) is 0 Å². The first-order valence-electron chi connectivity index (χ1n) is 12.7. The molecule has 6 rings (SSSR count). The Balaban J connectivity index is 1.37. The van der Waals surface area contributed by atoms with Crippen LogP contribution in [-0.4, -0.2) is 41.1 Å². The van der Waals surface area contributed by atoms with Crippen molar-refractivity contribution in [2.75, 3.05) is 5.32 Å². The van der Waals surface area contributed by atoms with Gasteiger partial charge in [0.05, 0.1) is 35.0 Å². The predicted molar refractivity (Wildman–Crippen MR) is 152 cm³/mol. The molecule has 4 N–H and O–H groups in total. The summed E-state index contributed by atoms with van der Waals surface area (Å²) in [5.41, 5.74) is 6.02. The second-order valence-corrected chi connectivity index (χ2v) is 11.0. The van der Waals surface area contributed by atoms with E-state index in [1.165, 1.54) is 12.1 Å². The minimum absolute atomic E-state index is 0.0710. The first-order chi connectivity index (χ1) is 19.1. The van der Waals surface area contributed by atoms with Gasteiger partial charge in [0, 0.05) is 58.5 Å². The number of nitrogens with one attached hydrogen (secondary N) is 3. The SMILES string of the molecule is CC(C)(C)CC(=O)Nc1cncc(-c2cnc3n[nH]c(-c4cc5c(-c6cc(O)cc(F)c6)cncc5[nH]4)c3c2)c1. The number of nitrogens with zero attached hydrogens (tertiary/aromatic N) is 4. The number of fused-ring (bicyclic) bond motifs is 2. The molecule has 0 atom stereocenters. The fourth-order valence-corrected chi connectivity index (χ4v) is 4.76. The van der Waals surface area contributed by atoms with E-state index in [2.05, 4.69) is 35.5 Å². The molecule has 9 nitrogen and oxygen atoms in total. The van der Waals surface area contributed by atoms with Gasteiger partial charge >= 0.3 is 0 Å². The van der Waals surface area contributed by atoms with Crippen LogP contribution >= 0.6 is 0 Å². The van der Waals surface area contributed by atoms with E-state index in [0.29, 0.717) is 28.9 Å². The van der Waals surface area contributed by atoms with Gasteiger partial charge in [0.2, 0.25) is 5.91 Å². The van der Waals surface area contributed by atoms with E-state index >= 15 is 0 Å². The standard InChI is InChI=1S/C30H26FN7O2/c1-30(2,3)10-27(40)35-20-5-17(11-32-13-20)18-7-23-28(37-38-29(23)34-12-18)25-9-22-24(14-33-15-26(22)36-25)16-4-19(31)8-21(39)6-16/h4-9,11-15,36,39H,10H2,1-3H3,(H,35,40)(H,34,37,38). The summed E-state index contributed by atoms with van der Waals surface area (Å²) in [6.07, 6.45) is 8.78. The summed E-state index contributed by atoms with van der Waals surface area (Å²) in [4.78, 5) is 28.9. The zero-order valence-electron chi connectivity index (χ0n) is 22.1. The highest BCUT2D eigenvalue weighted by atomic mass is 19.1. The van der Waals surface area contributed by atoms with Crippen LogP contribution in [0, 0.1) is 11.2 Å². The summed E-state index contributed by atoms with van der Waals surface area (Å²) >= 11 is 0. The quantitative estimate of drug-likeness (QED) is 0.201. The lowest BCUT2D eigenvalue weighted by molar-refractivity contribution is -0.117. The number of hydrogen-bond donors (Lipinski definition) is 4. The molecular weight excluding hydrogens is 509 g/mol. The van der Waals surface area contributed by atoms with Gasteiger partial charge in [-0.15, -0.1) is 0 Å². The molecule has 1 aromatic carbocycles. The number of aromatic nitrogens is 6. The summed E-state index contributed by atoms with van der Waals surface area (Å²) in [6.45, 7) is 6.05. The number of pyridine rings is 3. The van der Waals surface area contributed by atoms with Crippen molar-refractivity contribution in [3.63, 3.8) is 0 Å². The topological polar surface area (TPSA) is 132 Å². The number of rotatable bonds is 5. The smallest absolute Gasteiger partial charge is 0.224 e. The number of hydrogen-bond acceptors (Lipinski definition) is 6. The van der Waals surface area contributed by atoms with Crippen LogP contribution in [0.2, 0.25) is 0 Å². The first kappa shape index (κ1) is 25.2. The maximum Gasteiger partial charge on any atom is 0.224 e. The number of halogens is 1. The van der Waals surface area contributed by atoms with E-state index < -0.39 is 5.82 Å². The average molecular weight is 536 g/mol. The van der Waals surface area contributed by atoms with Crippen LogP contribution in [0.5, 0.6) is 5.75 Å². The van der Waals surface area contributed by atoms with E-state index in [1.807, 2.05) is 39.0 Å². The Bertz CT molecular complexity index is 1880. The molecule has 0 spiro atoms. The van der Waals surface area contributed by atoms with Gasteiger partial charge in [0.25, 0.3) is 0 Å². The van der Waals surface area contributed by atoms with Crippen molar-refractivity contribution in [3.05, 3.63) is 73.2 Å². The molecule has 0 radical (unpaired) electrons. The molecule has 0 unspecified atom stereocenters. The number of amides is 1. The summed E-state index contributed by atoms with van der Waals surface area (Å²) in [7, 11) is 0. The largest absolute Gasteiger partial charge is 0.508 e. The maximum absolute atomic E-state index is 14.0. The normalized spacial score (nSPS) is 11.8. The molecule has 0 aliphatic carbocycles. The van der Waals surface area contributed by atoms with Gasteiger partial charge in [0.15, 0.2) is 5.65 Å². The number of carbonyl (C=O) groups is 1. The summed E-state index contributed by atoms with van der Waals surface area (Å²) < 4.78 is 14.0. The lowest BCUT2D eigenvalue weighted by atomic mass is 9.92. The van der Waals surface area contributed by atoms with E-state index in [9.17, 15) is 14.3 Å². The highest BCUT2D eigenvalue weighted by Crippen LogP contribution is 2.35. The van der Waals surface area contributed by atoms with Gasteiger partial charge in [-0.25, -0.2) is 9.37 Å². The molecule has 0 bridgehead atoms. The number of anilines is 1. The fourth-order valence-electron chi connectivity index (χ4n) is 4.76. The number of aromatic amines is 2. The molecule has 40 heavy (non-hydrogen) atoms. The Kier molecular flexibility index (Phi) is 6.02. The Labute approximate surface area is 228 Å². The van der Waals surface area contributed by atoms with Gasteiger partial charge < -0.3 is 15.4 Å². The third-order valence-corrected chi connectivity index (χ3v) is 6.46. The number of carbonyl (C=O) groups excluding carboxylic acids is 1. The Morgan fingerprint density at radius 1 is 0.925 bits per heavy atom. The monoisotopic (exact) mass is 535 g/mol. The molecule has 0 aliphatic heterocycles. The minimum atomic E-state index is -0.534. The van der Waals surface area contributed by atoms with Crippen molar-refractivity contribution in [2.45, 2.75) is 27.2 Å². The molecule has 0 saturated heterocycles. The van der Waals surface area contributed by atoms with Gasteiger partial charge in [-0.05, 0) is 41.3 Å². The number of benzene rings is 1. The van der Waals surface area contributed by atoms with Crippen molar-refractivity contribution in [1.82, 2.24) is 30.1 Å². The second kappa shape index (κ2) is 9.57. The van der Waals surface area contributed by atoms with Crippen molar-refractivity contribution in [3.8, 4) is 39.4 Å². The average Bonchev–Trinajstić information content (AvgIpc) is 3.50. The van der Waals surface area contributed by atoms with Crippen LogP contribution in [0.25, 0.3) is 55.6 Å². The van der Waals surface area contributed by atoms with E-state index in [-0.39, 0.29) is 17.1 Å². The van der Waals surface area contributed by atoms with Crippen molar-refractivity contribution >= 4 is 33.5 Å². The van der Waals surface area contributed by atoms with Gasteiger partial charge in [-0.1, -0.05) is 20.8 Å². The van der Waals surface area contributed by atoms with Crippen LogP contribution in [0.4, 0.5) is 10.1 Å². The highest BCUT2D eigenvalue weighted by Gasteiger charge is 2.18. The summed E-state index contributed by atoms with van der Waals surface area (Å²) in [6, 6.07) is 9.69. The maximum atomic E-state index is 14.0. The molecule has 200 valence electrons. The molecule has 1 amide bonds. The Hall–Kier alpha value is -5.12. The highest BCUT2D eigenvalue weighted by molar-refractivity contribution is 6.01. The van der Waals surface area contributed by atoms with Gasteiger partial charge in [0.1, 0.15) is 11.6 Å². The zero-order chi connectivity index (χ0) is 28.0. The lowest BCUT2D eigenvalue weighted by Crippen LogP contribution is -2.19. The molecule has 5 heterocycles. The minimum Gasteiger partial charge on any atom is -0.508 e. The third-order valence-electron chi connectivity index (χ3n) is 6.46. The van der Waals surface area contributed by atoms with Crippen LogP contribution in [0.3, 0.4) is 0 Å². The van der Waals surface area contributed by atoms with Gasteiger partial charge in [-0.2, -0.15) is 5.10 Å². The Morgan fingerprint density at radius 3 is 2.52 bits per heavy atom. The van der Waals surface area contributed by atoms with Crippen LogP contribution < -0.4 is 5.32 Å². The third kappa shape index (κ3) is 4.98. The fraction of sp³-hybridized carbons (Fsp3) is 0.167.